The molecule has 0 saturated carbocycles. The molecule has 4 heteroatoms. The summed E-state index contributed by atoms with van der Waals surface area (Å²) in [6.07, 6.45) is 5.51. The fourth-order valence-corrected chi connectivity index (χ4v) is 2.94. The maximum Gasteiger partial charge on any atom is 0.101 e. The fourth-order valence-electron chi connectivity index (χ4n) is 2.68. The zero-order valence-electron chi connectivity index (χ0n) is 10.0. The number of nitrogens with one attached hydrogen (secondary N) is 1. The summed E-state index contributed by atoms with van der Waals surface area (Å²) in [5, 5.41) is 10.6. The van der Waals surface area contributed by atoms with Gasteiger partial charge in [0.25, 0.3) is 0 Å². The van der Waals surface area contributed by atoms with Gasteiger partial charge in [0, 0.05) is 24.7 Å². The second kappa shape index (κ2) is 4.55. The second-order valence-corrected chi connectivity index (χ2v) is 5.09. The molecular weight excluding hydrogens is 246 g/mol. The van der Waals surface area contributed by atoms with E-state index in [4.69, 9.17) is 16.9 Å². The molecule has 0 atom stereocenters. The highest BCUT2D eigenvalue weighted by Crippen LogP contribution is 2.34. The lowest BCUT2D eigenvalue weighted by Crippen LogP contribution is -2.29. The SMILES string of the molecule is N#Cc1c[nH]c2c(N3CCCCC3)ccc(Cl)c12. The molecule has 18 heavy (non-hydrogen) atoms. The normalized spacial score (nSPS) is 15.9. The van der Waals surface area contributed by atoms with Gasteiger partial charge in [0.1, 0.15) is 6.07 Å². The largest absolute Gasteiger partial charge is 0.370 e. The first-order valence-corrected chi connectivity index (χ1v) is 6.63. The molecule has 1 aliphatic heterocycles. The third-order valence-corrected chi connectivity index (χ3v) is 3.89. The number of benzene rings is 1. The smallest absolute Gasteiger partial charge is 0.101 e. The van der Waals surface area contributed by atoms with Crippen molar-refractivity contribution in [3.63, 3.8) is 0 Å². The number of aromatic nitrogens is 1. The van der Waals surface area contributed by atoms with Crippen molar-refractivity contribution in [3.8, 4) is 6.07 Å². The van der Waals surface area contributed by atoms with Gasteiger partial charge in [-0.05, 0) is 31.4 Å². The van der Waals surface area contributed by atoms with Crippen molar-refractivity contribution in [2.75, 3.05) is 18.0 Å². The molecule has 92 valence electrons. The summed E-state index contributed by atoms with van der Waals surface area (Å²) < 4.78 is 0. The molecule has 1 aromatic carbocycles. The van der Waals surface area contributed by atoms with E-state index in [0.29, 0.717) is 10.6 Å². The number of hydrogen-bond acceptors (Lipinski definition) is 2. The summed E-state index contributed by atoms with van der Waals surface area (Å²) in [6, 6.07) is 6.13. The Hall–Kier alpha value is -1.66. The lowest BCUT2D eigenvalue weighted by atomic mass is 10.1. The van der Waals surface area contributed by atoms with Crippen LogP contribution in [0.5, 0.6) is 0 Å². The molecule has 0 aliphatic carbocycles. The molecule has 0 bridgehead atoms. The highest BCUT2D eigenvalue weighted by molar-refractivity contribution is 6.36. The van der Waals surface area contributed by atoms with E-state index >= 15 is 0 Å². The molecule has 3 rings (SSSR count). The molecule has 0 unspecified atom stereocenters. The first-order chi connectivity index (χ1) is 8.81. The summed E-state index contributed by atoms with van der Waals surface area (Å²) in [5.41, 5.74) is 2.77. The molecule has 0 spiro atoms. The number of rotatable bonds is 1. The Morgan fingerprint density at radius 2 is 2.00 bits per heavy atom. The minimum Gasteiger partial charge on any atom is -0.370 e. The monoisotopic (exact) mass is 259 g/mol. The average Bonchev–Trinajstić information content (AvgIpc) is 2.85. The molecular formula is C14H14ClN3. The maximum atomic E-state index is 9.11. The van der Waals surface area contributed by atoms with Crippen LogP contribution in [0.15, 0.2) is 18.3 Å². The van der Waals surface area contributed by atoms with Crippen molar-refractivity contribution < 1.29 is 0 Å². The molecule has 2 aromatic rings. The lowest BCUT2D eigenvalue weighted by molar-refractivity contribution is 0.579. The van der Waals surface area contributed by atoms with Gasteiger partial charge in [-0.25, -0.2) is 0 Å². The number of halogens is 1. The summed E-state index contributed by atoms with van der Waals surface area (Å²) in [7, 11) is 0. The van der Waals surface area contributed by atoms with Crippen LogP contribution in [0.2, 0.25) is 5.02 Å². The van der Waals surface area contributed by atoms with Crippen molar-refractivity contribution in [2.24, 2.45) is 0 Å². The van der Waals surface area contributed by atoms with Crippen molar-refractivity contribution in [2.45, 2.75) is 19.3 Å². The summed E-state index contributed by atoms with van der Waals surface area (Å²) in [6.45, 7) is 2.16. The molecule has 1 saturated heterocycles. The molecule has 0 radical (unpaired) electrons. The van der Waals surface area contributed by atoms with Crippen molar-refractivity contribution in [3.05, 3.63) is 28.9 Å². The Balaban J connectivity index is 2.16. The average molecular weight is 260 g/mol. The molecule has 3 nitrogen and oxygen atoms in total. The van der Waals surface area contributed by atoms with Crippen LogP contribution in [0.1, 0.15) is 24.8 Å². The number of piperidine rings is 1. The molecule has 1 aromatic heterocycles. The van der Waals surface area contributed by atoms with Gasteiger partial charge in [-0.3, -0.25) is 0 Å². The number of H-pyrrole nitrogens is 1. The minimum absolute atomic E-state index is 0.619. The van der Waals surface area contributed by atoms with E-state index in [1.807, 2.05) is 12.1 Å². The topological polar surface area (TPSA) is 42.8 Å². The van der Waals surface area contributed by atoms with Crippen molar-refractivity contribution in [1.82, 2.24) is 4.98 Å². The first kappa shape index (κ1) is 11.4. The van der Waals surface area contributed by atoms with Crippen molar-refractivity contribution in [1.29, 1.82) is 5.26 Å². The van der Waals surface area contributed by atoms with Crippen LogP contribution < -0.4 is 4.90 Å². The third-order valence-electron chi connectivity index (χ3n) is 3.58. The minimum atomic E-state index is 0.619. The fraction of sp³-hybridized carbons (Fsp3) is 0.357. The van der Waals surface area contributed by atoms with Gasteiger partial charge < -0.3 is 9.88 Å². The van der Waals surface area contributed by atoms with Crippen LogP contribution in [-0.2, 0) is 0 Å². The van der Waals surface area contributed by atoms with Gasteiger partial charge in [0.2, 0.25) is 0 Å². The maximum absolute atomic E-state index is 9.11. The molecule has 1 aliphatic rings. The summed E-state index contributed by atoms with van der Waals surface area (Å²) >= 11 is 6.20. The van der Waals surface area contributed by atoms with E-state index in [9.17, 15) is 0 Å². The van der Waals surface area contributed by atoms with Crippen LogP contribution in [0.4, 0.5) is 5.69 Å². The van der Waals surface area contributed by atoms with Gasteiger partial charge in [-0.2, -0.15) is 5.26 Å². The van der Waals surface area contributed by atoms with Crippen LogP contribution >= 0.6 is 11.6 Å². The number of fused-ring (bicyclic) bond motifs is 1. The third kappa shape index (κ3) is 1.74. The van der Waals surface area contributed by atoms with E-state index < -0.39 is 0 Å². The van der Waals surface area contributed by atoms with Crippen LogP contribution in [0.25, 0.3) is 10.9 Å². The van der Waals surface area contributed by atoms with Gasteiger partial charge in [0.05, 0.1) is 21.8 Å². The number of hydrogen-bond donors (Lipinski definition) is 1. The summed E-state index contributed by atoms with van der Waals surface area (Å²) in [4.78, 5) is 5.57. The summed E-state index contributed by atoms with van der Waals surface area (Å²) in [5.74, 6) is 0. The zero-order valence-corrected chi connectivity index (χ0v) is 10.8. The Labute approximate surface area is 111 Å². The van der Waals surface area contributed by atoms with Crippen molar-refractivity contribution >= 4 is 28.2 Å². The van der Waals surface area contributed by atoms with Gasteiger partial charge in [-0.1, -0.05) is 11.6 Å². The van der Waals surface area contributed by atoms with E-state index in [2.05, 4.69) is 16.0 Å². The second-order valence-electron chi connectivity index (χ2n) is 4.68. The van der Waals surface area contributed by atoms with E-state index in [-0.39, 0.29) is 0 Å². The van der Waals surface area contributed by atoms with Crippen LogP contribution in [0.3, 0.4) is 0 Å². The predicted octanol–water partition coefficient (Wildman–Crippen LogP) is 3.68. The Morgan fingerprint density at radius 1 is 1.22 bits per heavy atom. The molecule has 1 fully saturated rings. The molecule has 2 heterocycles. The van der Waals surface area contributed by atoms with E-state index in [1.165, 1.54) is 19.3 Å². The standard InChI is InChI=1S/C14H14ClN3/c15-11-4-5-12(18-6-2-1-3-7-18)14-13(11)10(8-16)9-17-14/h4-5,9,17H,1-3,6-7H2. The highest BCUT2D eigenvalue weighted by atomic mass is 35.5. The van der Waals surface area contributed by atoms with Crippen LogP contribution in [-0.4, -0.2) is 18.1 Å². The zero-order chi connectivity index (χ0) is 12.5. The number of aromatic amines is 1. The van der Waals surface area contributed by atoms with E-state index in [0.717, 1.165) is 29.7 Å². The predicted molar refractivity (Wildman–Crippen MR) is 74.1 cm³/mol. The number of nitriles is 1. The Bertz CT molecular complexity index is 618. The van der Waals surface area contributed by atoms with Gasteiger partial charge in [0.15, 0.2) is 0 Å². The number of nitrogens with zero attached hydrogens (tertiary/aromatic N) is 2. The highest BCUT2D eigenvalue weighted by Gasteiger charge is 2.17. The number of anilines is 1. The first-order valence-electron chi connectivity index (χ1n) is 6.26. The van der Waals surface area contributed by atoms with Crippen LogP contribution in [0, 0.1) is 11.3 Å². The van der Waals surface area contributed by atoms with Gasteiger partial charge in [-0.15, -0.1) is 0 Å². The van der Waals surface area contributed by atoms with Gasteiger partial charge >= 0.3 is 0 Å². The lowest BCUT2D eigenvalue weighted by Gasteiger charge is -2.29. The molecule has 0 amide bonds. The Kier molecular flexibility index (Phi) is 2.89. The van der Waals surface area contributed by atoms with E-state index in [1.54, 1.807) is 6.20 Å². The Morgan fingerprint density at radius 3 is 2.72 bits per heavy atom. The molecule has 1 N–H and O–H groups in total. The quantitative estimate of drug-likeness (QED) is 0.849.